The summed E-state index contributed by atoms with van der Waals surface area (Å²) in [4.78, 5) is 22.4. The van der Waals surface area contributed by atoms with E-state index in [2.05, 4.69) is 6.92 Å². The summed E-state index contributed by atoms with van der Waals surface area (Å²) < 4.78 is 5.91. The Morgan fingerprint density at radius 2 is 2.04 bits per heavy atom. The third-order valence-electron chi connectivity index (χ3n) is 5.13. The van der Waals surface area contributed by atoms with Gasteiger partial charge in [0.1, 0.15) is 6.10 Å². The number of aliphatic hydroxyl groups excluding tert-OH is 1. The molecule has 1 aliphatic heterocycles. The Morgan fingerprint density at radius 1 is 1.24 bits per heavy atom. The molecule has 0 aromatic rings. The molecule has 0 aromatic heterocycles. The molecule has 1 saturated heterocycles. The average Bonchev–Trinajstić information content (AvgIpc) is 3.06. The molecule has 2 fully saturated rings. The molecule has 0 spiro atoms. The molecular formula is C20H30O5. The second kappa shape index (κ2) is 9.76. The number of carboxylic acid groups (broad SMARTS) is 1. The minimum atomic E-state index is -0.778. The molecular weight excluding hydrogens is 320 g/mol. The maximum absolute atomic E-state index is 11.9. The summed E-state index contributed by atoms with van der Waals surface area (Å²) in [6.07, 6.45) is 11.5. The van der Waals surface area contributed by atoms with Gasteiger partial charge in [-0.25, -0.2) is 0 Å². The number of hydrogen-bond acceptors (Lipinski definition) is 4. The van der Waals surface area contributed by atoms with E-state index in [1.165, 1.54) is 0 Å². The highest BCUT2D eigenvalue weighted by Crippen LogP contribution is 2.45. The highest BCUT2D eigenvalue weighted by Gasteiger charge is 2.46. The van der Waals surface area contributed by atoms with E-state index in [-0.39, 0.29) is 30.1 Å². The standard InChI is InChI=1S/C20H30O5/c1-2-3-4-7-14(21)10-11-16-17-12-15(8-5-6-9-20(23)24)25-19(17)13-18(16)22/h8,10-11,16-19,22H,2-7,9,12-13H2,1H3,(H,23,24)/t16-,17-,18-,19+/m1/s1. The fourth-order valence-electron chi connectivity index (χ4n) is 3.75. The molecule has 1 saturated carbocycles. The summed E-state index contributed by atoms with van der Waals surface area (Å²) >= 11 is 0. The molecule has 2 rings (SSSR count). The van der Waals surface area contributed by atoms with Crippen molar-refractivity contribution in [1.82, 2.24) is 0 Å². The fraction of sp³-hybridized carbons (Fsp3) is 0.700. The van der Waals surface area contributed by atoms with Crippen molar-refractivity contribution in [3.63, 3.8) is 0 Å². The molecule has 0 amide bonds. The highest BCUT2D eigenvalue weighted by molar-refractivity contribution is 5.89. The number of aliphatic carboxylic acids is 1. The predicted molar refractivity (Wildman–Crippen MR) is 95.0 cm³/mol. The zero-order valence-electron chi connectivity index (χ0n) is 15.0. The SMILES string of the molecule is CCCCCC(=O)C=C[C@@H]1[C@H]2CC(=CCCCC(=O)O)O[C@H]2C[C@H]1O. The van der Waals surface area contributed by atoms with Crippen LogP contribution >= 0.6 is 0 Å². The van der Waals surface area contributed by atoms with Crippen molar-refractivity contribution in [2.45, 2.75) is 76.9 Å². The topological polar surface area (TPSA) is 83.8 Å². The number of ether oxygens (including phenoxy) is 1. The Bertz CT molecular complexity index is 522. The van der Waals surface area contributed by atoms with Gasteiger partial charge in [-0.1, -0.05) is 25.8 Å². The van der Waals surface area contributed by atoms with Crippen LogP contribution in [0.15, 0.2) is 24.0 Å². The van der Waals surface area contributed by atoms with Gasteiger partial charge in [-0.2, -0.15) is 0 Å². The van der Waals surface area contributed by atoms with Gasteiger partial charge in [0.25, 0.3) is 0 Å². The molecule has 1 heterocycles. The molecule has 0 unspecified atom stereocenters. The van der Waals surface area contributed by atoms with Crippen LogP contribution in [0.1, 0.15) is 64.7 Å². The van der Waals surface area contributed by atoms with Gasteiger partial charge >= 0.3 is 5.97 Å². The maximum Gasteiger partial charge on any atom is 0.303 e. The van der Waals surface area contributed by atoms with E-state index < -0.39 is 12.1 Å². The number of carbonyl (C=O) groups excluding carboxylic acids is 1. The molecule has 140 valence electrons. The maximum atomic E-state index is 11.9. The van der Waals surface area contributed by atoms with E-state index in [4.69, 9.17) is 9.84 Å². The smallest absolute Gasteiger partial charge is 0.303 e. The van der Waals surface area contributed by atoms with Crippen molar-refractivity contribution < 1.29 is 24.5 Å². The Morgan fingerprint density at radius 3 is 2.76 bits per heavy atom. The van der Waals surface area contributed by atoms with Crippen LogP contribution in [-0.2, 0) is 14.3 Å². The number of carbonyl (C=O) groups is 2. The van der Waals surface area contributed by atoms with Crippen LogP contribution < -0.4 is 0 Å². The van der Waals surface area contributed by atoms with Gasteiger partial charge in [0, 0.05) is 37.5 Å². The zero-order chi connectivity index (χ0) is 18.2. The summed E-state index contributed by atoms with van der Waals surface area (Å²) in [5.74, 6) is 0.428. The average molecular weight is 350 g/mol. The van der Waals surface area contributed by atoms with Crippen molar-refractivity contribution >= 4 is 11.8 Å². The minimum Gasteiger partial charge on any atom is -0.495 e. The minimum absolute atomic E-state index is 0.00515. The number of allylic oxidation sites excluding steroid dienone is 3. The molecule has 1 aliphatic carbocycles. The van der Waals surface area contributed by atoms with Crippen molar-refractivity contribution in [3.05, 3.63) is 24.0 Å². The largest absolute Gasteiger partial charge is 0.495 e. The number of fused-ring (bicyclic) bond motifs is 1. The van der Waals surface area contributed by atoms with Gasteiger partial charge in [0.05, 0.1) is 11.9 Å². The summed E-state index contributed by atoms with van der Waals surface area (Å²) in [6.45, 7) is 2.11. The van der Waals surface area contributed by atoms with Crippen LogP contribution in [0.2, 0.25) is 0 Å². The van der Waals surface area contributed by atoms with Crippen LogP contribution in [0.5, 0.6) is 0 Å². The van der Waals surface area contributed by atoms with Crippen molar-refractivity contribution in [2.24, 2.45) is 11.8 Å². The number of rotatable bonds is 10. The van der Waals surface area contributed by atoms with Gasteiger partial charge in [0.2, 0.25) is 0 Å². The number of carboxylic acids is 1. The monoisotopic (exact) mass is 350 g/mol. The van der Waals surface area contributed by atoms with E-state index in [9.17, 15) is 14.7 Å². The molecule has 2 aliphatic rings. The first-order valence-corrected chi connectivity index (χ1v) is 9.47. The second-order valence-corrected chi connectivity index (χ2v) is 7.14. The first-order valence-electron chi connectivity index (χ1n) is 9.47. The van der Waals surface area contributed by atoms with Gasteiger partial charge in [-0.05, 0) is 31.4 Å². The number of unbranched alkanes of at least 4 members (excludes halogenated alkanes) is 3. The molecule has 25 heavy (non-hydrogen) atoms. The lowest BCUT2D eigenvalue weighted by Gasteiger charge is -2.14. The Balaban J connectivity index is 1.84. The van der Waals surface area contributed by atoms with Crippen molar-refractivity contribution in [3.8, 4) is 0 Å². The quantitative estimate of drug-likeness (QED) is 0.464. The number of ketones is 1. The van der Waals surface area contributed by atoms with E-state index in [1.807, 2.05) is 12.2 Å². The molecule has 0 bridgehead atoms. The van der Waals surface area contributed by atoms with E-state index in [1.54, 1.807) is 6.08 Å². The lowest BCUT2D eigenvalue weighted by Crippen LogP contribution is -2.17. The summed E-state index contributed by atoms with van der Waals surface area (Å²) in [5, 5.41) is 18.9. The third kappa shape index (κ3) is 5.99. The lowest BCUT2D eigenvalue weighted by atomic mass is 9.90. The van der Waals surface area contributed by atoms with Crippen molar-refractivity contribution in [1.29, 1.82) is 0 Å². The Hall–Kier alpha value is -1.62. The van der Waals surface area contributed by atoms with E-state index in [0.717, 1.165) is 31.4 Å². The van der Waals surface area contributed by atoms with Gasteiger partial charge in [0.15, 0.2) is 5.78 Å². The second-order valence-electron chi connectivity index (χ2n) is 7.14. The molecule has 0 aromatic carbocycles. The third-order valence-corrected chi connectivity index (χ3v) is 5.13. The van der Waals surface area contributed by atoms with Crippen LogP contribution in [0.4, 0.5) is 0 Å². The molecule has 5 heteroatoms. The summed E-state index contributed by atoms with van der Waals surface area (Å²) in [7, 11) is 0. The van der Waals surface area contributed by atoms with Gasteiger partial charge in [-0.3, -0.25) is 9.59 Å². The van der Waals surface area contributed by atoms with Crippen LogP contribution in [0.3, 0.4) is 0 Å². The first-order chi connectivity index (χ1) is 12.0. The van der Waals surface area contributed by atoms with Crippen molar-refractivity contribution in [2.75, 3.05) is 0 Å². The van der Waals surface area contributed by atoms with Gasteiger partial charge in [-0.15, -0.1) is 0 Å². The van der Waals surface area contributed by atoms with Crippen LogP contribution in [0.25, 0.3) is 0 Å². The van der Waals surface area contributed by atoms with Crippen LogP contribution in [0, 0.1) is 11.8 Å². The number of aliphatic hydroxyl groups is 1. The first kappa shape index (κ1) is 19.7. The Labute approximate surface area is 149 Å². The lowest BCUT2D eigenvalue weighted by molar-refractivity contribution is -0.137. The Kier molecular flexibility index (Phi) is 7.69. The molecule has 2 N–H and O–H groups in total. The van der Waals surface area contributed by atoms with Gasteiger partial charge < -0.3 is 14.9 Å². The summed E-state index contributed by atoms with van der Waals surface area (Å²) in [6, 6.07) is 0. The predicted octanol–water partition coefficient (Wildman–Crippen LogP) is 3.62. The molecule has 5 nitrogen and oxygen atoms in total. The highest BCUT2D eigenvalue weighted by atomic mass is 16.5. The summed E-state index contributed by atoms with van der Waals surface area (Å²) in [5.41, 5.74) is 0. The van der Waals surface area contributed by atoms with Crippen LogP contribution in [-0.4, -0.2) is 34.2 Å². The number of hydrogen-bond donors (Lipinski definition) is 2. The normalized spacial score (nSPS) is 29.9. The fourth-order valence-corrected chi connectivity index (χ4v) is 3.75. The zero-order valence-corrected chi connectivity index (χ0v) is 15.0. The van der Waals surface area contributed by atoms with E-state index >= 15 is 0 Å². The molecule has 4 atom stereocenters. The molecule has 0 radical (unpaired) electrons. The van der Waals surface area contributed by atoms with E-state index in [0.29, 0.717) is 25.7 Å².